The molecule has 0 fully saturated rings. The first kappa shape index (κ1) is 22.3. The second kappa shape index (κ2) is 8.59. The van der Waals surface area contributed by atoms with E-state index in [1.807, 2.05) is 0 Å². The van der Waals surface area contributed by atoms with Gasteiger partial charge in [-0.25, -0.2) is 9.18 Å². The topological polar surface area (TPSA) is 65.7 Å². The van der Waals surface area contributed by atoms with Gasteiger partial charge in [-0.3, -0.25) is 4.79 Å². The maximum atomic E-state index is 13.7. The highest BCUT2D eigenvalue weighted by atomic mass is 35.5. The van der Waals surface area contributed by atoms with E-state index in [9.17, 15) is 27.2 Å². The van der Waals surface area contributed by atoms with E-state index >= 15 is 0 Å². The van der Waals surface area contributed by atoms with Crippen molar-refractivity contribution in [1.29, 1.82) is 0 Å². The highest BCUT2D eigenvalue weighted by Gasteiger charge is 2.40. The average Bonchev–Trinajstić information content (AvgIpc) is 2.76. The minimum Gasteiger partial charge on any atom is -0.448 e. The Morgan fingerprint density at radius 3 is 2.33 bits per heavy atom. The summed E-state index contributed by atoms with van der Waals surface area (Å²) in [6.07, 6.45) is -5.08. The summed E-state index contributed by atoms with van der Waals surface area (Å²) in [5.74, 6) is -4.56. The molecule has 4 aromatic rings. The number of ether oxygens (including phenoxy) is 2. The van der Waals surface area contributed by atoms with Crippen molar-refractivity contribution in [3.8, 4) is 17.2 Å². The Balaban J connectivity index is 1.76. The second-order valence-electron chi connectivity index (χ2n) is 6.67. The van der Waals surface area contributed by atoms with Gasteiger partial charge in [0.2, 0.25) is 11.2 Å². The Bertz CT molecular complexity index is 1410. The van der Waals surface area contributed by atoms with Gasteiger partial charge in [-0.15, -0.1) is 0 Å². The van der Waals surface area contributed by atoms with E-state index in [-0.39, 0.29) is 27.5 Å². The minimum absolute atomic E-state index is 0.00632. The summed E-state index contributed by atoms with van der Waals surface area (Å²) >= 11 is 5.93. The molecule has 0 aliphatic carbocycles. The van der Waals surface area contributed by atoms with Crippen LogP contribution >= 0.6 is 11.6 Å². The fourth-order valence-electron chi connectivity index (χ4n) is 2.89. The molecular formula is C23H11ClF4O5. The number of halogens is 5. The van der Waals surface area contributed by atoms with Crippen LogP contribution in [0.25, 0.3) is 11.0 Å². The van der Waals surface area contributed by atoms with Gasteiger partial charge in [0.25, 0.3) is 5.76 Å². The van der Waals surface area contributed by atoms with Gasteiger partial charge >= 0.3 is 12.1 Å². The molecule has 0 unspecified atom stereocenters. The minimum atomic E-state index is -5.08. The lowest BCUT2D eigenvalue weighted by Gasteiger charge is -2.14. The fraction of sp³-hybridized carbons (Fsp3) is 0.0435. The Morgan fingerprint density at radius 2 is 1.67 bits per heavy atom. The SMILES string of the molecule is O=C(Oc1ccc2c(=O)c(Oc3ccccc3Cl)c(C(F)(F)F)oc2c1)c1ccc(F)cc1. The van der Waals surface area contributed by atoms with Crippen molar-refractivity contribution in [2.45, 2.75) is 6.18 Å². The number of hydrogen-bond acceptors (Lipinski definition) is 5. The van der Waals surface area contributed by atoms with Crippen LogP contribution in [-0.2, 0) is 6.18 Å². The molecule has 1 heterocycles. The normalized spacial score (nSPS) is 11.4. The predicted octanol–water partition coefficient (Wildman–Crippen LogP) is 6.62. The lowest BCUT2D eigenvalue weighted by Crippen LogP contribution is -2.15. The summed E-state index contributed by atoms with van der Waals surface area (Å²) in [7, 11) is 0. The molecule has 33 heavy (non-hydrogen) atoms. The van der Waals surface area contributed by atoms with Crippen molar-refractivity contribution in [2.24, 2.45) is 0 Å². The molecule has 5 nitrogen and oxygen atoms in total. The van der Waals surface area contributed by atoms with Crippen LogP contribution < -0.4 is 14.9 Å². The van der Waals surface area contributed by atoms with Gasteiger partial charge in [0, 0.05) is 6.07 Å². The number of alkyl halides is 3. The smallest absolute Gasteiger partial charge is 0.448 e. The molecule has 0 aliphatic heterocycles. The third kappa shape index (κ3) is 4.68. The zero-order chi connectivity index (χ0) is 23.8. The largest absolute Gasteiger partial charge is 0.453 e. The van der Waals surface area contributed by atoms with Gasteiger partial charge in [-0.05, 0) is 48.5 Å². The van der Waals surface area contributed by atoms with Crippen LogP contribution in [0.4, 0.5) is 17.6 Å². The third-order valence-corrected chi connectivity index (χ3v) is 4.73. The van der Waals surface area contributed by atoms with Crippen LogP contribution in [0.2, 0.25) is 5.02 Å². The molecule has 0 bridgehead atoms. The number of hydrogen-bond donors (Lipinski definition) is 0. The second-order valence-corrected chi connectivity index (χ2v) is 7.08. The van der Waals surface area contributed by atoms with E-state index in [0.717, 1.165) is 24.3 Å². The zero-order valence-corrected chi connectivity index (χ0v) is 17.0. The quantitative estimate of drug-likeness (QED) is 0.187. The number of para-hydroxylation sites is 1. The molecule has 0 N–H and O–H groups in total. The average molecular weight is 479 g/mol. The molecule has 0 aliphatic rings. The van der Waals surface area contributed by atoms with Crippen molar-refractivity contribution in [3.63, 3.8) is 0 Å². The fourth-order valence-corrected chi connectivity index (χ4v) is 3.06. The van der Waals surface area contributed by atoms with E-state index < -0.39 is 40.5 Å². The van der Waals surface area contributed by atoms with Crippen molar-refractivity contribution in [2.75, 3.05) is 0 Å². The maximum Gasteiger partial charge on any atom is 0.453 e. The molecule has 1 aromatic heterocycles. The first-order chi connectivity index (χ1) is 15.6. The standard InChI is InChI=1S/C23H11ClF4O5/c24-16-3-1-2-4-17(16)32-20-19(29)15-10-9-14(11-18(15)33-21(20)23(26,27)28)31-22(30)12-5-7-13(25)8-6-12/h1-11H. The Hall–Kier alpha value is -3.85. The predicted molar refractivity (Wildman–Crippen MR) is 110 cm³/mol. The number of carbonyl (C=O) groups excluding carboxylic acids is 1. The Morgan fingerprint density at radius 1 is 0.970 bits per heavy atom. The van der Waals surface area contributed by atoms with Crippen LogP contribution in [-0.4, -0.2) is 5.97 Å². The highest BCUT2D eigenvalue weighted by molar-refractivity contribution is 6.32. The lowest BCUT2D eigenvalue weighted by atomic mass is 10.2. The van der Waals surface area contributed by atoms with Gasteiger partial charge in [0.05, 0.1) is 16.0 Å². The molecule has 10 heteroatoms. The molecule has 0 amide bonds. The van der Waals surface area contributed by atoms with Crippen molar-refractivity contribution >= 4 is 28.5 Å². The third-order valence-electron chi connectivity index (χ3n) is 4.42. The number of carbonyl (C=O) groups is 1. The van der Waals surface area contributed by atoms with Gasteiger partial charge in [0.15, 0.2) is 0 Å². The monoisotopic (exact) mass is 478 g/mol. The summed E-state index contributed by atoms with van der Waals surface area (Å²) < 4.78 is 69.3. The molecule has 0 atom stereocenters. The number of esters is 1. The molecule has 4 rings (SSSR count). The lowest BCUT2D eigenvalue weighted by molar-refractivity contribution is -0.154. The van der Waals surface area contributed by atoms with Crippen molar-refractivity contribution in [1.82, 2.24) is 0 Å². The van der Waals surface area contributed by atoms with Crippen LogP contribution in [0, 0.1) is 5.82 Å². The summed E-state index contributed by atoms with van der Waals surface area (Å²) in [4.78, 5) is 25.0. The van der Waals surface area contributed by atoms with E-state index in [0.29, 0.717) is 0 Å². The van der Waals surface area contributed by atoms with Gasteiger partial charge in [-0.2, -0.15) is 13.2 Å². The van der Waals surface area contributed by atoms with Gasteiger partial charge in [-0.1, -0.05) is 23.7 Å². The number of rotatable bonds is 4. The number of fused-ring (bicyclic) bond motifs is 1. The Labute approximate surface area is 187 Å². The van der Waals surface area contributed by atoms with Crippen LogP contribution in [0.15, 0.2) is 75.9 Å². The van der Waals surface area contributed by atoms with Crippen LogP contribution in [0.1, 0.15) is 16.1 Å². The molecule has 0 spiro atoms. The van der Waals surface area contributed by atoms with Crippen molar-refractivity contribution in [3.05, 3.63) is 99.1 Å². The molecule has 0 saturated carbocycles. The first-order valence-electron chi connectivity index (χ1n) is 9.21. The van der Waals surface area contributed by atoms with E-state index in [4.69, 9.17) is 25.5 Å². The molecule has 3 aromatic carbocycles. The van der Waals surface area contributed by atoms with Crippen LogP contribution in [0.5, 0.6) is 17.2 Å². The number of benzene rings is 3. The molecule has 168 valence electrons. The van der Waals surface area contributed by atoms with Crippen molar-refractivity contribution < 1.29 is 36.2 Å². The van der Waals surface area contributed by atoms with Gasteiger partial charge < -0.3 is 13.9 Å². The first-order valence-corrected chi connectivity index (χ1v) is 9.59. The molecule has 0 saturated heterocycles. The maximum absolute atomic E-state index is 13.7. The molecule has 0 radical (unpaired) electrons. The van der Waals surface area contributed by atoms with Gasteiger partial charge in [0.1, 0.15) is 22.9 Å². The van der Waals surface area contributed by atoms with E-state index in [1.54, 1.807) is 0 Å². The summed E-state index contributed by atoms with van der Waals surface area (Å²) in [6.45, 7) is 0. The summed E-state index contributed by atoms with van der Waals surface area (Å²) in [5, 5.41) is -0.250. The summed E-state index contributed by atoms with van der Waals surface area (Å²) in [6, 6.07) is 13.4. The summed E-state index contributed by atoms with van der Waals surface area (Å²) in [5.41, 5.74) is -1.57. The molecular weight excluding hydrogens is 468 g/mol. The van der Waals surface area contributed by atoms with E-state index in [2.05, 4.69) is 0 Å². The van der Waals surface area contributed by atoms with Crippen LogP contribution in [0.3, 0.4) is 0 Å². The highest BCUT2D eigenvalue weighted by Crippen LogP contribution is 2.39. The zero-order valence-electron chi connectivity index (χ0n) is 16.3. The van der Waals surface area contributed by atoms with E-state index in [1.165, 1.54) is 42.5 Å². The Kier molecular flexibility index (Phi) is 5.82.